The molecule has 3 aromatic rings. The van der Waals surface area contributed by atoms with Crippen LogP contribution in [0.3, 0.4) is 0 Å². The lowest BCUT2D eigenvalue weighted by Crippen LogP contribution is -2.04. The summed E-state index contributed by atoms with van der Waals surface area (Å²) in [5.74, 6) is 0. The molecule has 0 radical (unpaired) electrons. The summed E-state index contributed by atoms with van der Waals surface area (Å²) < 4.78 is 2.07. The third-order valence-electron chi connectivity index (χ3n) is 3.49. The molecule has 1 atom stereocenters. The van der Waals surface area contributed by atoms with E-state index in [0.29, 0.717) is 0 Å². The molecule has 0 saturated carbocycles. The van der Waals surface area contributed by atoms with Gasteiger partial charge < -0.3 is 14.8 Å². The van der Waals surface area contributed by atoms with E-state index in [2.05, 4.69) is 16.7 Å². The molecule has 0 aliphatic heterocycles. The van der Waals surface area contributed by atoms with E-state index in [0.717, 1.165) is 22.0 Å². The Morgan fingerprint density at radius 1 is 1.06 bits per heavy atom. The third kappa shape index (κ3) is 1.45. The summed E-state index contributed by atoms with van der Waals surface area (Å²) in [5, 5.41) is 21.3. The normalized spacial score (nSPS) is 13.3. The second-order valence-corrected chi connectivity index (χ2v) is 4.52. The van der Waals surface area contributed by atoms with E-state index in [9.17, 15) is 5.11 Å². The number of aliphatic hydroxyl groups is 2. The topological polar surface area (TPSA) is 45.4 Å². The summed E-state index contributed by atoms with van der Waals surface area (Å²) in [6, 6.07) is 14.0. The van der Waals surface area contributed by atoms with E-state index in [1.807, 2.05) is 37.4 Å². The van der Waals surface area contributed by atoms with Crippen LogP contribution in [0.2, 0.25) is 0 Å². The molecule has 2 aromatic carbocycles. The summed E-state index contributed by atoms with van der Waals surface area (Å²) in [7, 11) is 1.98. The van der Waals surface area contributed by atoms with Crippen LogP contribution in [0.5, 0.6) is 0 Å². The van der Waals surface area contributed by atoms with E-state index in [4.69, 9.17) is 5.11 Å². The zero-order valence-corrected chi connectivity index (χ0v) is 10.2. The largest absolute Gasteiger partial charge is 0.393 e. The Labute approximate surface area is 105 Å². The van der Waals surface area contributed by atoms with Crippen molar-refractivity contribution in [2.24, 2.45) is 7.05 Å². The average Bonchev–Trinajstić information content (AvgIpc) is 2.72. The molecule has 0 aliphatic carbocycles. The highest BCUT2D eigenvalue weighted by atomic mass is 16.3. The molecule has 3 heteroatoms. The second kappa shape index (κ2) is 4.12. The molecular weight excluding hydrogens is 226 g/mol. The van der Waals surface area contributed by atoms with Gasteiger partial charge in [0.1, 0.15) is 6.10 Å². The lowest BCUT2D eigenvalue weighted by atomic mass is 10.1. The number of benzene rings is 2. The number of aromatic nitrogens is 1. The lowest BCUT2D eigenvalue weighted by molar-refractivity contribution is 0.0965. The molecule has 0 unspecified atom stereocenters. The van der Waals surface area contributed by atoms with Crippen molar-refractivity contribution in [3.63, 3.8) is 0 Å². The minimum Gasteiger partial charge on any atom is -0.393 e. The number of hydrogen-bond acceptors (Lipinski definition) is 2. The monoisotopic (exact) mass is 241 g/mol. The van der Waals surface area contributed by atoms with E-state index in [-0.39, 0.29) is 6.61 Å². The molecule has 0 amide bonds. The van der Waals surface area contributed by atoms with E-state index >= 15 is 0 Å². The van der Waals surface area contributed by atoms with Crippen molar-refractivity contribution in [1.29, 1.82) is 0 Å². The van der Waals surface area contributed by atoms with Gasteiger partial charge >= 0.3 is 0 Å². The molecule has 1 heterocycles. The van der Waals surface area contributed by atoms with Crippen molar-refractivity contribution in [1.82, 2.24) is 4.57 Å². The van der Waals surface area contributed by atoms with Crippen LogP contribution in [0.1, 0.15) is 11.7 Å². The molecule has 3 nitrogen and oxygen atoms in total. The number of rotatable bonds is 2. The zero-order chi connectivity index (χ0) is 12.7. The van der Waals surface area contributed by atoms with E-state index < -0.39 is 6.10 Å². The molecule has 1 aromatic heterocycles. The first-order valence-corrected chi connectivity index (χ1v) is 5.99. The highest BCUT2D eigenvalue weighted by Crippen LogP contribution is 2.32. The van der Waals surface area contributed by atoms with Crippen molar-refractivity contribution < 1.29 is 10.2 Å². The SMILES string of the molecule is Cn1c2ccccc2c2cccc([C@H](O)CO)c21. The van der Waals surface area contributed by atoms with Gasteiger partial charge in [0.15, 0.2) is 0 Å². The standard InChI is InChI=1S/C15H15NO2/c1-16-13-8-3-2-5-10(13)11-6-4-7-12(15(11)16)14(18)9-17/h2-8,14,17-18H,9H2,1H3/t14-/m1/s1. The minimum atomic E-state index is -0.836. The first-order valence-electron chi connectivity index (χ1n) is 5.99. The van der Waals surface area contributed by atoms with E-state index in [1.165, 1.54) is 5.39 Å². The van der Waals surface area contributed by atoms with Gasteiger partial charge in [0.05, 0.1) is 12.1 Å². The Hall–Kier alpha value is -1.84. The number of para-hydroxylation sites is 2. The quantitative estimate of drug-likeness (QED) is 0.723. The average molecular weight is 241 g/mol. The highest BCUT2D eigenvalue weighted by Gasteiger charge is 2.15. The maximum absolute atomic E-state index is 9.91. The lowest BCUT2D eigenvalue weighted by Gasteiger charge is -2.10. The molecular formula is C15H15NO2. The van der Waals surface area contributed by atoms with Gasteiger partial charge in [0.2, 0.25) is 0 Å². The van der Waals surface area contributed by atoms with Gasteiger partial charge in [-0.1, -0.05) is 36.4 Å². The van der Waals surface area contributed by atoms with Gasteiger partial charge in [0, 0.05) is 28.9 Å². The molecule has 0 saturated heterocycles. The molecule has 0 aliphatic rings. The van der Waals surface area contributed by atoms with Crippen molar-refractivity contribution in [2.45, 2.75) is 6.10 Å². The number of fused-ring (bicyclic) bond motifs is 3. The molecule has 18 heavy (non-hydrogen) atoms. The number of aliphatic hydroxyl groups excluding tert-OH is 2. The Kier molecular flexibility index (Phi) is 2.58. The molecule has 3 rings (SSSR count). The van der Waals surface area contributed by atoms with Crippen molar-refractivity contribution in [3.05, 3.63) is 48.0 Å². The Balaban J connectivity index is 2.48. The highest BCUT2D eigenvalue weighted by molar-refractivity contribution is 6.09. The van der Waals surface area contributed by atoms with Crippen LogP contribution in [0.25, 0.3) is 21.8 Å². The fourth-order valence-corrected chi connectivity index (χ4v) is 2.63. The van der Waals surface area contributed by atoms with Crippen molar-refractivity contribution in [3.8, 4) is 0 Å². The van der Waals surface area contributed by atoms with Gasteiger partial charge in [-0.2, -0.15) is 0 Å². The first-order chi connectivity index (χ1) is 8.74. The maximum Gasteiger partial charge on any atom is 0.104 e. The second-order valence-electron chi connectivity index (χ2n) is 4.52. The summed E-state index contributed by atoms with van der Waals surface area (Å²) in [6.07, 6.45) is -0.836. The van der Waals surface area contributed by atoms with Crippen LogP contribution in [0.4, 0.5) is 0 Å². The number of nitrogens with zero attached hydrogens (tertiary/aromatic N) is 1. The van der Waals surface area contributed by atoms with Gasteiger partial charge in [-0.3, -0.25) is 0 Å². The summed E-state index contributed by atoms with van der Waals surface area (Å²) >= 11 is 0. The smallest absolute Gasteiger partial charge is 0.104 e. The fraction of sp³-hybridized carbons (Fsp3) is 0.200. The van der Waals surface area contributed by atoms with Crippen molar-refractivity contribution >= 4 is 21.8 Å². The molecule has 0 spiro atoms. The van der Waals surface area contributed by atoms with Crippen LogP contribution < -0.4 is 0 Å². The number of aryl methyl sites for hydroxylation is 1. The van der Waals surface area contributed by atoms with Crippen LogP contribution in [0.15, 0.2) is 42.5 Å². The first kappa shape index (κ1) is 11.3. The maximum atomic E-state index is 9.91. The van der Waals surface area contributed by atoms with Crippen LogP contribution >= 0.6 is 0 Å². The van der Waals surface area contributed by atoms with Gasteiger partial charge in [0.25, 0.3) is 0 Å². The molecule has 0 fully saturated rings. The Morgan fingerprint density at radius 2 is 1.78 bits per heavy atom. The van der Waals surface area contributed by atoms with Crippen LogP contribution in [-0.2, 0) is 7.05 Å². The number of hydrogen-bond donors (Lipinski definition) is 2. The van der Waals surface area contributed by atoms with Gasteiger partial charge in [-0.15, -0.1) is 0 Å². The van der Waals surface area contributed by atoms with Crippen LogP contribution in [0, 0.1) is 0 Å². The molecule has 92 valence electrons. The predicted molar refractivity (Wildman–Crippen MR) is 72.5 cm³/mol. The van der Waals surface area contributed by atoms with E-state index in [1.54, 1.807) is 0 Å². The molecule has 0 bridgehead atoms. The van der Waals surface area contributed by atoms with Gasteiger partial charge in [-0.25, -0.2) is 0 Å². The predicted octanol–water partition coefficient (Wildman–Crippen LogP) is 2.36. The van der Waals surface area contributed by atoms with Gasteiger partial charge in [-0.05, 0) is 6.07 Å². The fourth-order valence-electron chi connectivity index (χ4n) is 2.63. The molecule has 2 N–H and O–H groups in total. The Morgan fingerprint density at radius 3 is 2.56 bits per heavy atom. The third-order valence-corrected chi connectivity index (χ3v) is 3.49. The van der Waals surface area contributed by atoms with Crippen LogP contribution in [-0.4, -0.2) is 21.4 Å². The Bertz CT molecular complexity index is 715. The summed E-state index contributed by atoms with van der Waals surface area (Å²) in [6.45, 7) is -0.263. The summed E-state index contributed by atoms with van der Waals surface area (Å²) in [5.41, 5.74) is 2.89. The van der Waals surface area contributed by atoms with Crippen molar-refractivity contribution in [2.75, 3.05) is 6.61 Å². The minimum absolute atomic E-state index is 0.263. The summed E-state index contributed by atoms with van der Waals surface area (Å²) in [4.78, 5) is 0. The zero-order valence-electron chi connectivity index (χ0n) is 10.2.